The lowest BCUT2D eigenvalue weighted by Crippen LogP contribution is -2.15. The normalized spacial score (nSPS) is 14.4. The van der Waals surface area contributed by atoms with E-state index in [0.717, 1.165) is 43.6 Å². The van der Waals surface area contributed by atoms with Gasteiger partial charge in [-0.2, -0.15) is 18.3 Å². The van der Waals surface area contributed by atoms with Gasteiger partial charge in [-0.3, -0.25) is 9.48 Å². The molecule has 0 bridgehead atoms. The summed E-state index contributed by atoms with van der Waals surface area (Å²) >= 11 is 3.37. The van der Waals surface area contributed by atoms with Gasteiger partial charge in [-0.05, 0) is 53.4 Å². The van der Waals surface area contributed by atoms with Gasteiger partial charge in [0, 0.05) is 12.2 Å². The molecule has 3 rings (SSSR count). The Balaban J connectivity index is 1.84. The molecule has 0 spiro atoms. The maximum absolute atomic E-state index is 12.7. The molecule has 1 amide bonds. The van der Waals surface area contributed by atoms with E-state index >= 15 is 0 Å². The lowest BCUT2D eigenvalue weighted by Gasteiger charge is -2.12. The average Bonchev–Trinajstić information content (AvgIpc) is 2.84. The van der Waals surface area contributed by atoms with Crippen LogP contribution >= 0.6 is 15.9 Å². The number of amides is 1. The number of benzene rings is 1. The van der Waals surface area contributed by atoms with E-state index < -0.39 is 17.6 Å². The zero-order chi connectivity index (χ0) is 16.6. The molecule has 2 heterocycles. The van der Waals surface area contributed by atoms with Crippen molar-refractivity contribution in [3.8, 4) is 0 Å². The highest BCUT2D eigenvalue weighted by Crippen LogP contribution is 2.31. The van der Waals surface area contributed by atoms with Crippen LogP contribution in [-0.2, 0) is 19.1 Å². The fraction of sp³-hybridized carbons (Fsp3) is 0.333. The van der Waals surface area contributed by atoms with Gasteiger partial charge in [-0.25, -0.2) is 0 Å². The fourth-order valence-electron chi connectivity index (χ4n) is 2.56. The lowest BCUT2D eigenvalue weighted by atomic mass is 10.1. The second-order valence-corrected chi connectivity index (χ2v) is 6.12. The largest absolute Gasteiger partial charge is 0.416 e. The number of carbonyl (C=O) groups is 1. The van der Waals surface area contributed by atoms with Crippen molar-refractivity contribution in [2.75, 3.05) is 5.32 Å². The molecule has 1 aromatic heterocycles. The minimum Gasteiger partial charge on any atom is -0.321 e. The third kappa shape index (κ3) is 3.26. The summed E-state index contributed by atoms with van der Waals surface area (Å²) in [6.07, 6.45) is -1.60. The number of nitrogens with zero attached hydrogens (tertiary/aromatic N) is 2. The summed E-state index contributed by atoms with van der Waals surface area (Å²) in [7, 11) is 0. The van der Waals surface area contributed by atoms with Gasteiger partial charge < -0.3 is 5.32 Å². The molecular formula is C15H13BrF3N3O. The van der Waals surface area contributed by atoms with E-state index in [2.05, 4.69) is 26.3 Å². The SMILES string of the molecule is O=C(Nc1cccc(C(F)(F)F)c1)c1nn2c(c1Br)CCCC2. The highest BCUT2D eigenvalue weighted by atomic mass is 79.9. The molecule has 2 aromatic rings. The Bertz CT molecular complexity index is 755. The van der Waals surface area contributed by atoms with Crippen molar-refractivity contribution in [2.24, 2.45) is 0 Å². The van der Waals surface area contributed by atoms with Crippen LogP contribution in [0.15, 0.2) is 28.7 Å². The van der Waals surface area contributed by atoms with Crippen LogP contribution in [-0.4, -0.2) is 15.7 Å². The second kappa shape index (κ2) is 5.99. The number of hydrogen-bond acceptors (Lipinski definition) is 2. The van der Waals surface area contributed by atoms with E-state index in [9.17, 15) is 18.0 Å². The lowest BCUT2D eigenvalue weighted by molar-refractivity contribution is -0.137. The molecule has 0 aliphatic carbocycles. The summed E-state index contributed by atoms with van der Waals surface area (Å²) in [4.78, 5) is 12.3. The zero-order valence-corrected chi connectivity index (χ0v) is 13.5. The summed E-state index contributed by atoms with van der Waals surface area (Å²) in [6, 6.07) is 4.53. The van der Waals surface area contributed by atoms with E-state index in [1.165, 1.54) is 12.1 Å². The molecular weight excluding hydrogens is 375 g/mol. The van der Waals surface area contributed by atoms with Gasteiger partial charge >= 0.3 is 6.18 Å². The van der Waals surface area contributed by atoms with E-state index in [1.807, 2.05) is 0 Å². The number of aromatic nitrogens is 2. The molecule has 23 heavy (non-hydrogen) atoms. The monoisotopic (exact) mass is 387 g/mol. The molecule has 1 aliphatic heterocycles. The molecule has 122 valence electrons. The predicted molar refractivity (Wildman–Crippen MR) is 82.3 cm³/mol. The molecule has 0 radical (unpaired) electrons. The van der Waals surface area contributed by atoms with Crippen LogP contribution in [0.1, 0.15) is 34.6 Å². The van der Waals surface area contributed by atoms with Crippen LogP contribution < -0.4 is 5.32 Å². The number of alkyl halides is 3. The molecule has 1 aromatic carbocycles. The Morgan fingerprint density at radius 1 is 1.30 bits per heavy atom. The minimum absolute atomic E-state index is 0.0858. The first-order valence-electron chi connectivity index (χ1n) is 7.10. The van der Waals surface area contributed by atoms with Gasteiger partial charge in [0.2, 0.25) is 0 Å². The smallest absolute Gasteiger partial charge is 0.321 e. The number of rotatable bonds is 2. The van der Waals surface area contributed by atoms with Crippen LogP contribution in [0, 0.1) is 0 Å². The molecule has 0 atom stereocenters. The van der Waals surface area contributed by atoms with Gasteiger partial charge in [0.1, 0.15) is 0 Å². The van der Waals surface area contributed by atoms with Crippen molar-refractivity contribution >= 4 is 27.5 Å². The molecule has 0 fully saturated rings. The standard InChI is InChI=1S/C15H13BrF3N3O/c16-12-11-6-1-2-7-22(11)21-13(12)14(23)20-10-5-3-4-9(8-10)15(17,18)19/h3-5,8H,1-2,6-7H2,(H,20,23). The zero-order valence-electron chi connectivity index (χ0n) is 12.0. The Morgan fingerprint density at radius 3 is 2.78 bits per heavy atom. The maximum atomic E-state index is 12.7. The highest BCUT2D eigenvalue weighted by Gasteiger charge is 2.30. The van der Waals surface area contributed by atoms with Crippen LogP contribution in [0.4, 0.5) is 18.9 Å². The Morgan fingerprint density at radius 2 is 2.09 bits per heavy atom. The highest BCUT2D eigenvalue weighted by molar-refractivity contribution is 9.10. The van der Waals surface area contributed by atoms with Crippen molar-refractivity contribution in [3.05, 3.63) is 45.7 Å². The number of aryl methyl sites for hydroxylation is 1. The third-order valence-corrected chi connectivity index (χ3v) is 4.52. The first kappa shape index (κ1) is 16.0. The second-order valence-electron chi connectivity index (χ2n) is 5.32. The molecule has 0 unspecified atom stereocenters. The van der Waals surface area contributed by atoms with Crippen molar-refractivity contribution < 1.29 is 18.0 Å². The topological polar surface area (TPSA) is 46.9 Å². The van der Waals surface area contributed by atoms with Crippen LogP contribution in [0.3, 0.4) is 0 Å². The minimum atomic E-state index is -4.45. The van der Waals surface area contributed by atoms with Gasteiger partial charge in [-0.15, -0.1) is 0 Å². The molecule has 1 aliphatic rings. The van der Waals surface area contributed by atoms with Crippen molar-refractivity contribution in [3.63, 3.8) is 0 Å². The van der Waals surface area contributed by atoms with Crippen LogP contribution in [0.2, 0.25) is 0 Å². The van der Waals surface area contributed by atoms with E-state index in [1.54, 1.807) is 4.68 Å². The predicted octanol–water partition coefficient (Wildman–Crippen LogP) is 4.25. The summed E-state index contributed by atoms with van der Waals surface area (Å²) in [5.41, 5.74) is 0.422. The van der Waals surface area contributed by atoms with E-state index in [0.29, 0.717) is 4.47 Å². The number of anilines is 1. The van der Waals surface area contributed by atoms with Gasteiger partial charge in [-0.1, -0.05) is 6.07 Å². The summed E-state index contributed by atoms with van der Waals surface area (Å²) < 4.78 is 40.5. The number of carbonyl (C=O) groups excluding carboxylic acids is 1. The van der Waals surface area contributed by atoms with Crippen LogP contribution in [0.25, 0.3) is 0 Å². The van der Waals surface area contributed by atoms with Gasteiger partial charge in [0.25, 0.3) is 5.91 Å². The number of hydrogen-bond donors (Lipinski definition) is 1. The van der Waals surface area contributed by atoms with Crippen molar-refractivity contribution in [1.29, 1.82) is 0 Å². The first-order chi connectivity index (χ1) is 10.9. The molecule has 4 nitrogen and oxygen atoms in total. The summed E-state index contributed by atoms with van der Waals surface area (Å²) in [5, 5.41) is 6.73. The van der Waals surface area contributed by atoms with Crippen molar-refractivity contribution in [2.45, 2.75) is 32.0 Å². The molecule has 0 saturated carbocycles. The molecule has 8 heteroatoms. The quantitative estimate of drug-likeness (QED) is 0.836. The maximum Gasteiger partial charge on any atom is 0.416 e. The average molecular weight is 388 g/mol. The number of halogens is 4. The van der Waals surface area contributed by atoms with Crippen molar-refractivity contribution in [1.82, 2.24) is 9.78 Å². The molecule has 1 N–H and O–H groups in total. The van der Waals surface area contributed by atoms with Crippen LogP contribution in [0.5, 0.6) is 0 Å². The summed E-state index contributed by atoms with van der Waals surface area (Å²) in [5.74, 6) is -0.530. The summed E-state index contributed by atoms with van der Waals surface area (Å²) in [6.45, 7) is 0.741. The fourth-order valence-corrected chi connectivity index (χ4v) is 3.22. The molecule has 0 saturated heterocycles. The third-order valence-electron chi connectivity index (χ3n) is 3.69. The van der Waals surface area contributed by atoms with Gasteiger partial charge in [0.05, 0.1) is 15.7 Å². The number of nitrogens with one attached hydrogen (secondary N) is 1. The first-order valence-corrected chi connectivity index (χ1v) is 7.89. The van der Waals surface area contributed by atoms with E-state index in [-0.39, 0.29) is 11.4 Å². The Hall–Kier alpha value is -1.83. The van der Waals surface area contributed by atoms with Gasteiger partial charge in [0.15, 0.2) is 5.69 Å². The Labute approximate surface area is 138 Å². The van der Waals surface area contributed by atoms with E-state index in [4.69, 9.17) is 0 Å². The number of fused-ring (bicyclic) bond motifs is 1. The Kier molecular flexibility index (Phi) is 4.18.